The van der Waals surface area contributed by atoms with Crippen LogP contribution in [0.25, 0.3) is 32.3 Å². The maximum atomic E-state index is 14.0. The molecule has 0 aliphatic carbocycles. The van der Waals surface area contributed by atoms with E-state index < -0.39 is 29.7 Å². The number of nitrogens with zero attached hydrogens (tertiary/aromatic N) is 1. The monoisotopic (exact) mass is 620 g/mol. The van der Waals surface area contributed by atoms with Gasteiger partial charge in [-0.25, -0.2) is 25.3 Å². The van der Waals surface area contributed by atoms with E-state index in [1.807, 2.05) is 6.92 Å². The first-order valence-corrected chi connectivity index (χ1v) is 18.0. The fourth-order valence-corrected chi connectivity index (χ4v) is 8.71. The molecular formula is C28H32N2O8S3. The Morgan fingerprint density at radius 2 is 1.32 bits per heavy atom. The SMILES string of the molecule is C=C(C)C(=O)NCCCN(CCC)S(=O)(=O)c1cc(O)c2ccc3c(S(C)(=O)=O)cc(S(C)(=O)=O)c4ccc1c2c34. The molecule has 0 saturated heterocycles. The lowest BCUT2D eigenvalue weighted by molar-refractivity contribution is -0.117. The third kappa shape index (κ3) is 5.63. The van der Waals surface area contributed by atoms with Crippen LogP contribution >= 0.6 is 0 Å². The molecule has 0 aromatic heterocycles. The van der Waals surface area contributed by atoms with E-state index in [1.54, 1.807) is 6.92 Å². The van der Waals surface area contributed by atoms with Crippen LogP contribution < -0.4 is 5.32 Å². The predicted molar refractivity (Wildman–Crippen MR) is 160 cm³/mol. The Kier molecular flexibility index (Phi) is 8.13. The highest BCUT2D eigenvalue weighted by Crippen LogP contribution is 2.45. The summed E-state index contributed by atoms with van der Waals surface area (Å²) < 4.78 is 80.3. The van der Waals surface area contributed by atoms with Crippen molar-refractivity contribution in [2.45, 2.75) is 41.4 Å². The molecular weight excluding hydrogens is 589 g/mol. The summed E-state index contributed by atoms with van der Waals surface area (Å²) in [7, 11) is -12.0. The molecule has 13 heteroatoms. The first-order chi connectivity index (χ1) is 19.0. The number of carbonyl (C=O) groups excluding carboxylic acids is 1. The Hall–Kier alpha value is -3.26. The first-order valence-electron chi connectivity index (χ1n) is 12.8. The summed E-state index contributed by atoms with van der Waals surface area (Å²) in [5.41, 5.74) is 0.338. The van der Waals surface area contributed by atoms with Gasteiger partial charge in [0.25, 0.3) is 0 Å². The quantitative estimate of drug-likeness (QED) is 0.147. The molecule has 4 rings (SSSR count). The third-order valence-corrected chi connectivity index (χ3v) is 11.1. The Morgan fingerprint density at radius 1 is 0.829 bits per heavy atom. The summed E-state index contributed by atoms with van der Waals surface area (Å²) >= 11 is 0. The van der Waals surface area contributed by atoms with E-state index >= 15 is 0 Å². The van der Waals surface area contributed by atoms with Gasteiger partial charge in [-0.1, -0.05) is 31.7 Å². The van der Waals surface area contributed by atoms with Crippen molar-refractivity contribution >= 4 is 67.9 Å². The zero-order chi connectivity index (χ0) is 30.5. The van der Waals surface area contributed by atoms with E-state index in [2.05, 4.69) is 11.9 Å². The van der Waals surface area contributed by atoms with E-state index in [-0.39, 0.29) is 78.3 Å². The van der Waals surface area contributed by atoms with Crippen molar-refractivity contribution in [1.82, 2.24) is 9.62 Å². The molecule has 0 atom stereocenters. The largest absolute Gasteiger partial charge is 0.507 e. The number of sulfonamides is 1. The molecule has 2 N–H and O–H groups in total. The van der Waals surface area contributed by atoms with Gasteiger partial charge in [-0.15, -0.1) is 0 Å². The van der Waals surface area contributed by atoms with Gasteiger partial charge < -0.3 is 10.4 Å². The topological polar surface area (TPSA) is 155 Å². The van der Waals surface area contributed by atoms with Crippen LogP contribution in [0.3, 0.4) is 0 Å². The lowest BCUT2D eigenvalue weighted by atomic mass is 9.94. The molecule has 0 radical (unpaired) electrons. The number of benzene rings is 4. The summed E-state index contributed by atoms with van der Waals surface area (Å²) in [4.78, 5) is 11.2. The molecule has 4 aromatic rings. The molecule has 0 heterocycles. The van der Waals surface area contributed by atoms with Crippen LogP contribution in [0.15, 0.2) is 63.2 Å². The molecule has 0 aliphatic rings. The Morgan fingerprint density at radius 3 is 1.80 bits per heavy atom. The highest BCUT2D eigenvalue weighted by atomic mass is 32.2. The van der Waals surface area contributed by atoms with E-state index in [9.17, 15) is 35.2 Å². The second-order valence-electron chi connectivity index (χ2n) is 10.2. The van der Waals surface area contributed by atoms with Crippen molar-refractivity contribution in [2.75, 3.05) is 32.1 Å². The Labute approximate surface area is 239 Å². The standard InChI is InChI=1S/C28H32N2O8S3/c1-6-13-30(14-7-12-29-28(32)17(2)3)41(37,38)25-15-22(31)18-8-9-19-23(39(4,33)34)16-24(40(5,35)36)20-10-11-21(25)26(18)27(19)20/h8-11,15-16,31H,2,6-7,12-14H2,1,3-5H3,(H,29,32). The number of aromatic hydroxyl groups is 1. The van der Waals surface area contributed by atoms with Crippen LogP contribution in [-0.2, 0) is 34.5 Å². The van der Waals surface area contributed by atoms with Crippen molar-refractivity contribution in [3.05, 3.63) is 48.6 Å². The summed E-state index contributed by atoms with van der Waals surface area (Å²) in [6, 6.07) is 8.24. The number of nitrogens with one attached hydrogen (secondary N) is 1. The maximum absolute atomic E-state index is 14.0. The molecule has 0 unspecified atom stereocenters. The molecule has 0 aliphatic heterocycles. The van der Waals surface area contributed by atoms with Crippen LogP contribution in [0.2, 0.25) is 0 Å². The number of phenols is 1. The second-order valence-corrected chi connectivity index (χ2v) is 16.1. The fraction of sp³-hybridized carbons (Fsp3) is 0.321. The lowest BCUT2D eigenvalue weighted by Gasteiger charge is -2.24. The summed E-state index contributed by atoms with van der Waals surface area (Å²) in [6.45, 7) is 7.47. The maximum Gasteiger partial charge on any atom is 0.246 e. The van der Waals surface area contributed by atoms with Gasteiger partial charge in [-0.3, -0.25) is 4.79 Å². The first kappa shape index (κ1) is 30.7. The van der Waals surface area contributed by atoms with Crippen LogP contribution in [0.1, 0.15) is 26.7 Å². The van der Waals surface area contributed by atoms with Crippen LogP contribution in [-0.4, -0.2) is 72.7 Å². The van der Waals surface area contributed by atoms with Gasteiger partial charge in [0.05, 0.1) is 14.7 Å². The van der Waals surface area contributed by atoms with E-state index in [1.165, 1.54) is 28.6 Å². The smallest absolute Gasteiger partial charge is 0.246 e. The average molecular weight is 621 g/mol. The van der Waals surface area contributed by atoms with Crippen LogP contribution in [0.4, 0.5) is 0 Å². The molecule has 0 bridgehead atoms. The minimum absolute atomic E-state index is 0.0891. The number of hydrogen-bond donors (Lipinski definition) is 2. The zero-order valence-corrected chi connectivity index (χ0v) is 25.6. The van der Waals surface area contributed by atoms with Gasteiger partial charge >= 0.3 is 0 Å². The average Bonchev–Trinajstić information content (AvgIpc) is 2.87. The fourth-order valence-electron chi connectivity index (χ4n) is 5.06. The van der Waals surface area contributed by atoms with Crippen molar-refractivity contribution in [1.29, 1.82) is 0 Å². The predicted octanol–water partition coefficient (Wildman–Crippen LogP) is 3.58. The summed E-state index contributed by atoms with van der Waals surface area (Å²) in [5.74, 6) is -0.671. The van der Waals surface area contributed by atoms with E-state index in [0.29, 0.717) is 18.4 Å². The van der Waals surface area contributed by atoms with Crippen molar-refractivity contribution in [3.8, 4) is 5.75 Å². The van der Waals surface area contributed by atoms with E-state index in [4.69, 9.17) is 0 Å². The number of rotatable bonds is 11. The molecule has 41 heavy (non-hydrogen) atoms. The highest BCUT2D eigenvalue weighted by Gasteiger charge is 2.30. The molecule has 0 saturated carbocycles. The van der Waals surface area contributed by atoms with Crippen LogP contribution in [0.5, 0.6) is 5.75 Å². The van der Waals surface area contributed by atoms with E-state index in [0.717, 1.165) is 24.6 Å². The number of sulfone groups is 2. The Bertz CT molecular complexity index is 1980. The molecule has 1 amide bonds. The number of phenolic OH excluding ortho intramolecular Hbond substituents is 1. The van der Waals surface area contributed by atoms with Gasteiger partial charge in [-0.2, -0.15) is 4.31 Å². The molecule has 10 nitrogen and oxygen atoms in total. The van der Waals surface area contributed by atoms with Crippen LogP contribution in [0, 0.1) is 0 Å². The minimum Gasteiger partial charge on any atom is -0.507 e. The number of carbonyl (C=O) groups is 1. The van der Waals surface area contributed by atoms with Gasteiger partial charge in [0.1, 0.15) is 5.75 Å². The van der Waals surface area contributed by atoms with Crippen molar-refractivity contribution in [2.24, 2.45) is 0 Å². The number of hydrogen-bond acceptors (Lipinski definition) is 8. The van der Waals surface area contributed by atoms with Gasteiger partial charge in [0, 0.05) is 76.1 Å². The third-order valence-electron chi connectivity index (χ3n) is 6.91. The molecule has 0 spiro atoms. The van der Waals surface area contributed by atoms with Gasteiger partial charge in [-0.05, 0) is 31.9 Å². The van der Waals surface area contributed by atoms with Crippen molar-refractivity contribution < 1.29 is 35.2 Å². The van der Waals surface area contributed by atoms with Gasteiger partial charge in [0.15, 0.2) is 19.7 Å². The summed E-state index contributed by atoms with van der Waals surface area (Å²) in [5, 5.41) is 15.1. The van der Waals surface area contributed by atoms with Gasteiger partial charge in [0.2, 0.25) is 15.9 Å². The van der Waals surface area contributed by atoms with Crippen molar-refractivity contribution in [3.63, 3.8) is 0 Å². The highest BCUT2D eigenvalue weighted by molar-refractivity contribution is 7.91. The zero-order valence-electron chi connectivity index (χ0n) is 23.2. The second kappa shape index (κ2) is 10.9. The minimum atomic E-state index is -4.20. The normalized spacial score (nSPS) is 13.0. The number of amides is 1. The molecule has 220 valence electrons. The molecule has 4 aromatic carbocycles. The lowest BCUT2D eigenvalue weighted by Crippen LogP contribution is -2.35. The Balaban J connectivity index is 1.98. The summed E-state index contributed by atoms with van der Waals surface area (Å²) in [6.07, 6.45) is 2.77. The molecule has 0 fully saturated rings.